The average Bonchev–Trinajstić information content (AvgIpc) is 2.02. The van der Waals surface area contributed by atoms with Crippen molar-refractivity contribution in [3.63, 3.8) is 0 Å². The molecule has 2 atom stereocenters. The highest BCUT2D eigenvalue weighted by Crippen LogP contribution is 2.12. The van der Waals surface area contributed by atoms with Crippen LogP contribution in [-0.2, 0) is 4.74 Å². The van der Waals surface area contributed by atoms with E-state index < -0.39 is 0 Å². The summed E-state index contributed by atoms with van der Waals surface area (Å²) >= 11 is 0. The summed E-state index contributed by atoms with van der Waals surface area (Å²) in [7, 11) is 1.70. The van der Waals surface area contributed by atoms with E-state index in [-0.39, 0.29) is 6.04 Å². The summed E-state index contributed by atoms with van der Waals surface area (Å²) in [6.45, 7) is 5.22. The molecule has 2 nitrogen and oxygen atoms in total. The van der Waals surface area contributed by atoms with Crippen molar-refractivity contribution >= 4 is 0 Å². The molecule has 0 aromatic heterocycles. The van der Waals surface area contributed by atoms with Gasteiger partial charge in [-0.3, -0.25) is 0 Å². The molecule has 0 bridgehead atoms. The van der Waals surface area contributed by atoms with Gasteiger partial charge in [0.2, 0.25) is 0 Å². The lowest BCUT2D eigenvalue weighted by molar-refractivity contribution is 0.174. The van der Waals surface area contributed by atoms with E-state index in [0.29, 0.717) is 6.61 Å². The van der Waals surface area contributed by atoms with E-state index in [2.05, 4.69) is 13.8 Å². The molecule has 2 N–H and O–H groups in total. The van der Waals surface area contributed by atoms with E-state index in [0.717, 1.165) is 12.3 Å². The molecule has 0 rings (SSSR count). The number of hydrogen-bond donors (Lipinski definition) is 1. The predicted molar refractivity (Wildman–Crippen MR) is 53.2 cm³/mol. The fourth-order valence-corrected chi connectivity index (χ4v) is 1.43. The van der Waals surface area contributed by atoms with E-state index in [9.17, 15) is 0 Å². The molecule has 12 heavy (non-hydrogen) atoms. The second-order valence-electron chi connectivity index (χ2n) is 3.69. The van der Waals surface area contributed by atoms with Gasteiger partial charge in [0.1, 0.15) is 0 Å². The Morgan fingerprint density at radius 3 is 2.42 bits per heavy atom. The quantitative estimate of drug-likeness (QED) is 0.640. The fourth-order valence-electron chi connectivity index (χ4n) is 1.43. The second kappa shape index (κ2) is 7.56. The van der Waals surface area contributed by atoms with Crippen molar-refractivity contribution in [1.82, 2.24) is 0 Å². The smallest absolute Gasteiger partial charge is 0.0613 e. The highest BCUT2D eigenvalue weighted by molar-refractivity contribution is 4.62. The van der Waals surface area contributed by atoms with Gasteiger partial charge in [-0.15, -0.1) is 0 Å². The Labute approximate surface area is 76.5 Å². The lowest BCUT2D eigenvalue weighted by Crippen LogP contribution is -2.25. The molecule has 0 radical (unpaired) electrons. The average molecular weight is 173 g/mol. The molecule has 2 unspecified atom stereocenters. The topological polar surface area (TPSA) is 35.2 Å². The lowest BCUT2D eigenvalue weighted by Gasteiger charge is -2.13. The van der Waals surface area contributed by atoms with E-state index in [1.54, 1.807) is 7.11 Å². The fraction of sp³-hybridized carbons (Fsp3) is 1.00. The van der Waals surface area contributed by atoms with Gasteiger partial charge in [-0.05, 0) is 18.8 Å². The molecular formula is C10H23NO. The van der Waals surface area contributed by atoms with Gasteiger partial charge in [-0.25, -0.2) is 0 Å². The van der Waals surface area contributed by atoms with Gasteiger partial charge >= 0.3 is 0 Å². The Bertz CT molecular complexity index is 83.8. The monoisotopic (exact) mass is 173 g/mol. The zero-order valence-electron chi connectivity index (χ0n) is 8.68. The molecule has 74 valence electrons. The maximum absolute atomic E-state index is 5.80. The van der Waals surface area contributed by atoms with Crippen LogP contribution in [0.1, 0.15) is 39.5 Å². The first kappa shape index (κ1) is 11.9. The second-order valence-corrected chi connectivity index (χ2v) is 3.69. The minimum Gasteiger partial charge on any atom is -0.383 e. The van der Waals surface area contributed by atoms with Crippen molar-refractivity contribution in [2.24, 2.45) is 11.7 Å². The van der Waals surface area contributed by atoms with Crippen molar-refractivity contribution in [3.8, 4) is 0 Å². The normalized spacial score (nSPS) is 16.0. The Morgan fingerprint density at radius 1 is 1.25 bits per heavy atom. The van der Waals surface area contributed by atoms with Crippen LogP contribution in [-0.4, -0.2) is 19.8 Å². The van der Waals surface area contributed by atoms with Crippen LogP contribution in [0, 0.1) is 5.92 Å². The summed E-state index contributed by atoms with van der Waals surface area (Å²) in [6.07, 6.45) is 4.92. The van der Waals surface area contributed by atoms with Crippen LogP contribution in [0.3, 0.4) is 0 Å². The molecular weight excluding hydrogens is 150 g/mol. The maximum Gasteiger partial charge on any atom is 0.0613 e. The summed E-state index contributed by atoms with van der Waals surface area (Å²) in [4.78, 5) is 0. The lowest BCUT2D eigenvalue weighted by atomic mass is 9.98. The van der Waals surface area contributed by atoms with Crippen LogP contribution >= 0.6 is 0 Å². The molecule has 0 amide bonds. The van der Waals surface area contributed by atoms with Crippen molar-refractivity contribution in [1.29, 1.82) is 0 Å². The van der Waals surface area contributed by atoms with E-state index in [1.165, 1.54) is 19.3 Å². The largest absolute Gasteiger partial charge is 0.383 e. The summed E-state index contributed by atoms with van der Waals surface area (Å²) in [5.74, 6) is 0.818. The van der Waals surface area contributed by atoms with E-state index >= 15 is 0 Å². The molecule has 0 aliphatic carbocycles. The molecule has 0 aromatic rings. The number of ether oxygens (including phenoxy) is 1. The summed E-state index contributed by atoms with van der Waals surface area (Å²) in [5, 5.41) is 0. The van der Waals surface area contributed by atoms with Crippen LogP contribution in [0.25, 0.3) is 0 Å². The maximum atomic E-state index is 5.80. The minimum absolute atomic E-state index is 0.231. The van der Waals surface area contributed by atoms with Crippen molar-refractivity contribution in [2.45, 2.75) is 45.6 Å². The molecule has 0 saturated carbocycles. The zero-order chi connectivity index (χ0) is 9.40. The highest BCUT2D eigenvalue weighted by Gasteiger charge is 2.05. The third-order valence-corrected chi connectivity index (χ3v) is 2.19. The number of hydrogen-bond acceptors (Lipinski definition) is 2. The first-order chi connectivity index (χ1) is 5.70. The van der Waals surface area contributed by atoms with Gasteiger partial charge in [0.25, 0.3) is 0 Å². The van der Waals surface area contributed by atoms with Gasteiger partial charge in [-0.1, -0.05) is 26.7 Å². The van der Waals surface area contributed by atoms with Crippen LogP contribution in [0.15, 0.2) is 0 Å². The third kappa shape index (κ3) is 6.62. The van der Waals surface area contributed by atoms with E-state index in [1.807, 2.05) is 0 Å². The molecule has 2 heteroatoms. The van der Waals surface area contributed by atoms with Crippen LogP contribution in [0.4, 0.5) is 0 Å². The molecule has 0 aliphatic rings. The Kier molecular flexibility index (Phi) is 7.51. The molecule has 0 heterocycles. The van der Waals surface area contributed by atoms with Gasteiger partial charge in [0, 0.05) is 13.2 Å². The zero-order valence-corrected chi connectivity index (χ0v) is 8.68. The Morgan fingerprint density at radius 2 is 1.92 bits per heavy atom. The molecule has 0 aromatic carbocycles. The first-order valence-corrected chi connectivity index (χ1v) is 4.95. The van der Waals surface area contributed by atoms with Crippen LogP contribution < -0.4 is 5.73 Å². The third-order valence-electron chi connectivity index (χ3n) is 2.19. The van der Waals surface area contributed by atoms with Crippen molar-refractivity contribution in [3.05, 3.63) is 0 Å². The predicted octanol–water partition coefficient (Wildman–Crippen LogP) is 2.18. The summed E-state index contributed by atoms with van der Waals surface area (Å²) in [6, 6.07) is 0.231. The molecule has 0 spiro atoms. The molecule has 0 aliphatic heterocycles. The number of rotatable bonds is 7. The van der Waals surface area contributed by atoms with Gasteiger partial charge in [-0.2, -0.15) is 0 Å². The standard InChI is InChI=1S/C10H23NO/c1-4-5-9(2)6-7-10(11)8-12-3/h9-10H,4-8,11H2,1-3H3. The first-order valence-electron chi connectivity index (χ1n) is 4.95. The Hall–Kier alpha value is -0.0800. The Balaban J connectivity index is 3.27. The summed E-state index contributed by atoms with van der Waals surface area (Å²) < 4.78 is 4.97. The highest BCUT2D eigenvalue weighted by atomic mass is 16.5. The summed E-state index contributed by atoms with van der Waals surface area (Å²) in [5.41, 5.74) is 5.80. The SMILES string of the molecule is CCCC(C)CCC(N)COC. The van der Waals surface area contributed by atoms with Crippen LogP contribution in [0.5, 0.6) is 0 Å². The van der Waals surface area contributed by atoms with Gasteiger partial charge in [0.05, 0.1) is 6.61 Å². The van der Waals surface area contributed by atoms with Crippen molar-refractivity contribution < 1.29 is 4.74 Å². The molecule has 0 saturated heterocycles. The van der Waals surface area contributed by atoms with Crippen LogP contribution in [0.2, 0.25) is 0 Å². The number of methoxy groups -OCH3 is 1. The van der Waals surface area contributed by atoms with E-state index in [4.69, 9.17) is 10.5 Å². The number of nitrogens with two attached hydrogens (primary N) is 1. The minimum atomic E-state index is 0.231. The van der Waals surface area contributed by atoms with Crippen molar-refractivity contribution in [2.75, 3.05) is 13.7 Å². The van der Waals surface area contributed by atoms with Gasteiger partial charge < -0.3 is 10.5 Å². The van der Waals surface area contributed by atoms with Gasteiger partial charge in [0.15, 0.2) is 0 Å². The molecule has 0 fully saturated rings.